The van der Waals surface area contributed by atoms with Gasteiger partial charge in [-0.15, -0.1) is 0 Å². The maximum Gasteiger partial charge on any atom is 0.226 e. The van der Waals surface area contributed by atoms with Crippen molar-refractivity contribution in [3.63, 3.8) is 0 Å². The smallest absolute Gasteiger partial charge is 0.226 e. The highest BCUT2D eigenvalue weighted by atomic mass is 19.2. The number of hydrogen-bond acceptors (Lipinski definition) is 2. The van der Waals surface area contributed by atoms with Crippen LogP contribution in [0.1, 0.15) is 24.8 Å². The number of nitrogens with zero attached hydrogens (tertiary/aromatic N) is 1. The second kappa shape index (κ2) is 5.13. The third-order valence-electron chi connectivity index (χ3n) is 4.16. The van der Waals surface area contributed by atoms with Gasteiger partial charge >= 0.3 is 0 Å². The summed E-state index contributed by atoms with van der Waals surface area (Å²) in [6.45, 7) is 4.32. The van der Waals surface area contributed by atoms with Gasteiger partial charge in [-0.1, -0.05) is 6.07 Å². The molecule has 1 aliphatic carbocycles. The molecule has 1 heterocycles. The zero-order valence-electron chi connectivity index (χ0n) is 11.4. The van der Waals surface area contributed by atoms with Gasteiger partial charge in [-0.25, -0.2) is 8.78 Å². The zero-order valence-corrected chi connectivity index (χ0v) is 11.4. The van der Waals surface area contributed by atoms with E-state index < -0.39 is 11.6 Å². The summed E-state index contributed by atoms with van der Waals surface area (Å²) in [6, 6.07) is 4.25. The van der Waals surface area contributed by atoms with E-state index in [0.717, 1.165) is 37.7 Å². The van der Waals surface area contributed by atoms with Crippen LogP contribution in [0.3, 0.4) is 0 Å². The number of benzene rings is 1. The molecule has 2 aliphatic rings. The molecule has 1 N–H and O–H groups in total. The summed E-state index contributed by atoms with van der Waals surface area (Å²) in [5.74, 6) is -1.55. The van der Waals surface area contributed by atoms with Crippen LogP contribution in [0.2, 0.25) is 0 Å². The van der Waals surface area contributed by atoms with Gasteiger partial charge < -0.3 is 10.2 Å². The van der Waals surface area contributed by atoms with Crippen molar-refractivity contribution in [1.29, 1.82) is 0 Å². The molecule has 2 fully saturated rings. The summed E-state index contributed by atoms with van der Waals surface area (Å²) < 4.78 is 26.1. The van der Waals surface area contributed by atoms with Gasteiger partial charge in [0, 0.05) is 31.6 Å². The molecule has 1 aromatic carbocycles. The first kappa shape index (κ1) is 13.5. The number of halogens is 2. The number of nitrogens with one attached hydrogen (secondary N) is 1. The lowest BCUT2D eigenvalue weighted by molar-refractivity contribution is -0.133. The Labute approximate surface area is 117 Å². The molecule has 1 aliphatic heterocycles. The van der Waals surface area contributed by atoms with E-state index in [1.54, 1.807) is 6.07 Å². The average molecular weight is 280 g/mol. The van der Waals surface area contributed by atoms with Gasteiger partial charge in [0.05, 0.1) is 0 Å². The molecular formula is C15H18F2N2O. The maximum atomic E-state index is 13.2. The minimum atomic E-state index is -0.840. The van der Waals surface area contributed by atoms with Crippen LogP contribution in [0.4, 0.5) is 8.78 Å². The van der Waals surface area contributed by atoms with Crippen molar-refractivity contribution in [1.82, 2.24) is 10.2 Å². The molecule has 0 aromatic heterocycles. The van der Waals surface area contributed by atoms with Gasteiger partial charge in [0.1, 0.15) is 0 Å². The first-order chi connectivity index (χ1) is 9.56. The summed E-state index contributed by atoms with van der Waals surface area (Å²) in [5, 5.41) is 3.30. The minimum Gasteiger partial charge on any atom is -0.340 e. The second-order valence-corrected chi connectivity index (χ2v) is 5.76. The van der Waals surface area contributed by atoms with Crippen LogP contribution in [-0.4, -0.2) is 36.5 Å². The minimum absolute atomic E-state index is 0.0443. The lowest BCUT2D eigenvalue weighted by atomic mass is 10.1. The highest BCUT2D eigenvalue weighted by molar-refractivity contribution is 5.83. The molecule has 0 spiro atoms. The van der Waals surface area contributed by atoms with E-state index in [1.807, 2.05) is 4.90 Å². The second-order valence-electron chi connectivity index (χ2n) is 5.76. The number of carbonyl (C=O) groups is 1. The first-order valence-corrected chi connectivity index (χ1v) is 7.03. The van der Waals surface area contributed by atoms with Crippen LogP contribution in [0, 0.1) is 17.6 Å². The number of carbonyl (C=O) groups excluding carboxylic acids is 1. The molecule has 1 amide bonds. The van der Waals surface area contributed by atoms with E-state index in [4.69, 9.17) is 0 Å². The van der Waals surface area contributed by atoms with Crippen molar-refractivity contribution in [2.45, 2.75) is 25.3 Å². The largest absolute Gasteiger partial charge is 0.340 e. The Bertz CT molecular complexity index is 535. The highest BCUT2D eigenvalue weighted by Crippen LogP contribution is 2.48. The summed E-state index contributed by atoms with van der Waals surface area (Å²) >= 11 is 0. The molecule has 1 saturated carbocycles. The van der Waals surface area contributed by atoms with Crippen molar-refractivity contribution in [2.24, 2.45) is 5.92 Å². The van der Waals surface area contributed by atoms with Gasteiger partial charge in [0.25, 0.3) is 0 Å². The SMILES string of the molecule is CC1CN(C(=O)C2CC2c2ccc(F)c(F)c2)CCN1. The predicted molar refractivity (Wildman–Crippen MR) is 71.3 cm³/mol. The lowest BCUT2D eigenvalue weighted by Gasteiger charge is -2.32. The summed E-state index contributed by atoms with van der Waals surface area (Å²) in [5.41, 5.74) is 0.727. The zero-order chi connectivity index (χ0) is 14.3. The van der Waals surface area contributed by atoms with Crippen molar-refractivity contribution >= 4 is 5.91 Å². The van der Waals surface area contributed by atoms with Gasteiger partial charge in [0.15, 0.2) is 11.6 Å². The number of amides is 1. The molecule has 3 nitrogen and oxygen atoms in total. The van der Waals surface area contributed by atoms with E-state index in [1.165, 1.54) is 6.07 Å². The first-order valence-electron chi connectivity index (χ1n) is 7.03. The van der Waals surface area contributed by atoms with Crippen LogP contribution >= 0.6 is 0 Å². The monoisotopic (exact) mass is 280 g/mol. The van der Waals surface area contributed by atoms with Gasteiger partial charge in [0.2, 0.25) is 5.91 Å². The maximum absolute atomic E-state index is 13.2. The highest BCUT2D eigenvalue weighted by Gasteiger charge is 2.46. The van der Waals surface area contributed by atoms with Crippen LogP contribution in [0.25, 0.3) is 0 Å². The molecule has 20 heavy (non-hydrogen) atoms. The Morgan fingerprint density at radius 1 is 1.35 bits per heavy atom. The number of rotatable bonds is 2. The van der Waals surface area contributed by atoms with Crippen LogP contribution < -0.4 is 5.32 Å². The van der Waals surface area contributed by atoms with E-state index >= 15 is 0 Å². The summed E-state index contributed by atoms with van der Waals surface area (Å²) in [6.07, 6.45) is 0.738. The lowest BCUT2D eigenvalue weighted by Crippen LogP contribution is -2.51. The van der Waals surface area contributed by atoms with Gasteiger partial charge in [-0.2, -0.15) is 0 Å². The van der Waals surface area contributed by atoms with Gasteiger partial charge in [-0.05, 0) is 37.0 Å². The van der Waals surface area contributed by atoms with E-state index in [-0.39, 0.29) is 17.7 Å². The molecule has 3 atom stereocenters. The Balaban J connectivity index is 1.66. The molecule has 3 rings (SSSR count). The van der Waals surface area contributed by atoms with Crippen LogP contribution in [0.5, 0.6) is 0 Å². The molecular weight excluding hydrogens is 262 g/mol. The summed E-state index contributed by atoms with van der Waals surface area (Å²) in [7, 11) is 0. The topological polar surface area (TPSA) is 32.3 Å². The quantitative estimate of drug-likeness (QED) is 0.897. The fraction of sp³-hybridized carbons (Fsp3) is 0.533. The molecule has 108 valence electrons. The Hall–Kier alpha value is -1.49. The van der Waals surface area contributed by atoms with Crippen LogP contribution in [-0.2, 0) is 4.79 Å². The standard InChI is InChI=1S/C15H18F2N2O/c1-9-8-19(5-4-18-9)15(20)12-7-11(12)10-2-3-13(16)14(17)6-10/h2-3,6,9,11-12,18H,4-5,7-8H2,1H3. The molecule has 3 unspecified atom stereocenters. The van der Waals surface area contributed by atoms with Crippen molar-refractivity contribution in [2.75, 3.05) is 19.6 Å². The third kappa shape index (κ3) is 2.54. The third-order valence-corrected chi connectivity index (χ3v) is 4.16. The van der Waals surface area contributed by atoms with E-state index in [2.05, 4.69) is 12.2 Å². The fourth-order valence-corrected chi connectivity index (χ4v) is 2.95. The number of hydrogen-bond donors (Lipinski definition) is 1. The molecule has 0 bridgehead atoms. The Morgan fingerprint density at radius 2 is 2.15 bits per heavy atom. The number of piperazine rings is 1. The predicted octanol–water partition coefficient (Wildman–Crippen LogP) is 1.89. The van der Waals surface area contributed by atoms with Crippen molar-refractivity contribution in [3.05, 3.63) is 35.4 Å². The normalized spacial score (nSPS) is 29.4. The molecule has 1 aromatic rings. The molecule has 1 saturated heterocycles. The van der Waals surface area contributed by atoms with Crippen molar-refractivity contribution < 1.29 is 13.6 Å². The van der Waals surface area contributed by atoms with Crippen molar-refractivity contribution in [3.8, 4) is 0 Å². The van der Waals surface area contributed by atoms with E-state index in [0.29, 0.717) is 6.04 Å². The van der Waals surface area contributed by atoms with Crippen LogP contribution in [0.15, 0.2) is 18.2 Å². The summed E-state index contributed by atoms with van der Waals surface area (Å²) in [4.78, 5) is 14.3. The molecule has 5 heteroatoms. The Kier molecular flexibility index (Phi) is 3.46. The molecule has 0 radical (unpaired) electrons. The Morgan fingerprint density at radius 3 is 2.85 bits per heavy atom. The van der Waals surface area contributed by atoms with E-state index in [9.17, 15) is 13.6 Å². The van der Waals surface area contributed by atoms with Gasteiger partial charge in [-0.3, -0.25) is 4.79 Å². The fourth-order valence-electron chi connectivity index (χ4n) is 2.95. The average Bonchev–Trinajstić information content (AvgIpc) is 3.21.